The largest absolute Gasteiger partial charge is 0.376 e. The van der Waals surface area contributed by atoms with Crippen LogP contribution in [-0.4, -0.2) is 59.2 Å². The third-order valence-electron chi connectivity index (χ3n) is 6.44. The Morgan fingerprint density at radius 1 is 1.17 bits per heavy atom. The third-order valence-corrected chi connectivity index (χ3v) is 6.44. The summed E-state index contributed by atoms with van der Waals surface area (Å²) in [7, 11) is 0. The van der Waals surface area contributed by atoms with Crippen LogP contribution in [0.4, 0.5) is 5.82 Å². The minimum absolute atomic E-state index is 0.333. The van der Waals surface area contributed by atoms with Crippen molar-refractivity contribution in [2.24, 2.45) is 0 Å². The van der Waals surface area contributed by atoms with Crippen LogP contribution in [-0.2, 0) is 4.74 Å². The highest BCUT2D eigenvalue weighted by Crippen LogP contribution is 2.31. The van der Waals surface area contributed by atoms with Crippen LogP contribution < -0.4 is 4.90 Å². The lowest BCUT2D eigenvalue weighted by atomic mass is 10.0. The first kappa shape index (κ1) is 18.4. The second-order valence-corrected chi connectivity index (χ2v) is 8.33. The summed E-state index contributed by atoms with van der Waals surface area (Å²) in [6.07, 6.45) is 2.64. The SMILES string of the molecule is Cc1cc(N2CCC(N3CCOC(C)C3)CC2)n2c(nc3ccccc32)c1C#N. The number of morpholine rings is 1. The Kier molecular flexibility index (Phi) is 4.65. The molecule has 6 nitrogen and oxygen atoms in total. The molecule has 150 valence electrons. The molecular formula is C23H27N5O. The summed E-state index contributed by atoms with van der Waals surface area (Å²) in [5.41, 5.74) is 4.44. The van der Waals surface area contributed by atoms with E-state index >= 15 is 0 Å². The van der Waals surface area contributed by atoms with E-state index in [4.69, 9.17) is 9.72 Å². The lowest BCUT2D eigenvalue weighted by Gasteiger charge is -2.42. The first-order chi connectivity index (χ1) is 14.2. The van der Waals surface area contributed by atoms with E-state index in [2.05, 4.69) is 39.3 Å². The molecule has 2 aliphatic heterocycles. The van der Waals surface area contributed by atoms with E-state index in [-0.39, 0.29) is 0 Å². The normalized spacial score (nSPS) is 21.7. The number of para-hydroxylation sites is 2. The van der Waals surface area contributed by atoms with Crippen molar-refractivity contribution in [1.82, 2.24) is 14.3 Å². The molecular weight excluding hydrogens is 362 g/mol. The van der Waals surface area contributed by atoms with Gasteiger partial charge in [0.1, 0.15) is 11.9 Å². The number of hydrogen-bond acceptors (Lipinski definition) is 5. The molecule has 29 heavy (non-hydrogen) atoms. The zero-order valence-electron chi connectivity index (χ0n) is 17.1. The van der Waals surface area contributed by atoms with Crippen LogP contribution in [0.25, 0.3) is 16.7 Å². The molecule has 0 N–H and O–H groups in total. The van der Waals surface area contributed by atoms with Crippen molar-refractivity contribution in [3.05, 3.63) is 41.5 Å². The first-order valence-corrected chi connectivity index (χ1v) is 10.6. The van der Waals surface area contributed by atoms with Crippen LogP contribution in [0.5, 0.6) is 0 Å². The number of ether oxygens (including phenoxy) is 1. The molecule has 2 aromatic heterocycles. The predicted octanol–water partition coefficient (Wildman–Crippen LogP) is 3.36. The number of aromatic nitrogens is 2. The van der Waals surface area contributed by atoms with E-state index in [0.29, 0.717) is 17.7 Å². The highest BCUT2D eigenvalue weighted by atomic mass is 16.5. The number of piperidine rings is 1. The van der Waals surface area contributed by atoms with Crippen molar-refractivity contribution in [3.63, 3.8) is 0 Å². The Morgan fingerprint density at radius 2 is 1.97 bits per heavy atom. The minimum atomic E-state index is 0.333. The van der Waals surface area contributed by atoms with E-state index in [1.165, 1.54) is 0 Å². The average Bonchev–Trinajstić information content (AvgIpc) is 3.12. The lowest BCUT2D eigenvalue weighted by Crippen LogP contribution is -2.51. The number of pyridine rings is 1. The van der Waals surface area contributed by atoms with Crippen LogP contribution >= 0.6 is 0 Å². The summed E-state index contributed by atoms with van der Waals surface area (Å²) < 4.78 is 7.89. The van der Waals surface area contributed by atoms with Crippen LogP contribution in [0.2, 0.25) is 0 Å². The van der Waals surface area contributed by atoms with Crippen LogP contribution in [0.15, 0.2) is 30.3 Å². The van der Waals surface area contributed by atoms with Crippen LogP contribution in [0, 0.1) is 18.3 Å². The summed E-state index contributed by atoms with van der Waals surface area (Å²) in [6, 6.07) is 13.3. The number of nitrogens with zero attached hydrogens (tertiary/aromatic N) is 5. The summed E-state index contributed by atoms with van der Waals surface area (Å²) >= 11 is 0. The van der Waals surface area contributed by atoms with Gasteiger partial charge < -0.3 is 9.64 Å². The Labute approximate surface area is 171 Å². The van der Waals surface area contributed by atoms with Crippen LogP contribution in [0.3, 0.4) is 0 Å². The fourth-order valence-electron chi connectivity index (χ4n) is 4.94. The zero-order valence-corrected chi connectivity index (χ0v) is 17.1. The van der Waals surface area contributed by atoms with Gasteiger partial charge in [-0.3, -0.25) is 9.30 Å². The maximum Gasteiger partial charge on any atom is 0.157 e. The molecule has 0 spiro atoms. The number of hydrogen-bond donors (Lipinski definition) is 0. The second-order valence-electron chi connectivity index (χ2n) is 8.33. The quantitative estimate of drug-likeness (QED) is 0.673. The number of fused-ring (bicyclic) bond motifs is 3. The minimum Gasteiger partial charge on any atom is -0.376 e. The third kappa shape index (κ3) is 3.15. The molecule has 1 aromatic carbocycles. The number of imidazole rings is 1. The van der Waals surface area contributed by atoms with Gasteiger partial charge in [-0.1, -0.05) is 12.1 Å². The van der Waals surface area contributed by atoms with Crippen molar-refractivity contribution >= 4 is 22.5 Å². The first-order valence-electron chi connectivity index (χ1n) is 10.6. The predicted molar refractivity (Wildman–Crippen MR) is 114 cm³/mol. The van der Waals surface area contributed by atoms with Crippen molar-refractivity contribution in [2.45, 2.75) is 38.8 Å². The monoisotopic (exact) mass is 389 g/mol. The van der Waals surface area contributed by atoms with Gasteiger partial charge in [0.15, 0.2) is 5.65 Å². The zero-order chi connectivity index (χ0) is 20.0. The van der Waals surface area contributed by atoms with Gasteiger partial charge in [-0.2, -0.15) is 5.26 Å². The summed E-state index contributed by atoms with van der Waals surface area (Å²) in [5, 5.41) is 9.71. The van der Waals surface area contributed by atoms with Gasteiger partial charge in [-0.15, -0.1) is 0 Å². The standard InChI is InChI=1S/C23H27N5O/c1-16-13-22(26-9-7-18(8-10-26)27-11-12-29-17(2)15-27)28-21-6-4-3-5-20(21)25-23(28)19(16)14-24/h3-6,13,17-18H,7-12,15H2,1-2H3. The van der Waals surface area contributed by atoms with E-state index in [0.717, 1.165) is 73.7 Å². The highest BCUT2D eigenvalue weighted by molar-refractivity contribution is 5.85. The molecule has 2 saturated heterocycles. The molecule has 2 fully saturated rings. The molecule has 6 heteroatoms. The second kappa shape index (κ2) is 7.33. The molecule has 3 aromatic rings. The fraction of sp³-hybridized carbons (Fsp3) is 0.478. The molecule has 0 saturated carbocycles. The molecule has 0 bridgehead atoms. The Morgan fingerprint density at radius 3 is 2.72 bits per heavy atom. The average molecular weight is 390 g/mol. The Bertz CT molecular complexity index is 1090. The van der Waals surface area contributed by atoms with Gasteiger partial charge in [0.05, 0.1) is 29.3 Å². The van der Waals surface area contributed by atoms with Crippen molar-refractivity contribution < 1.29 is 4.74 Å². The smallest absolute Gasteiger partial charge is 0.157 e. The van der Waals surface area contributed by atoms with E-state index < -0.39 is 0 Å². The molecule has 5 rings (SSSR count). The van der Waals surface area contributed by atoms with E-state index in [9.17, 15) is 5.26 Å². The van der Waals surface area contributed by atoms with Crippen molar-refractivity contribution in [1.29, 1.82) is 5.26 Å². The Balaban J connectivity index is 1.49. The maximum absolute atomic E-state index is 9.71. The number of anilines is 1. The molecule has 1 unspecified atom stereocenters. The van der Waals surface area contributed by atoms with Gasteiger partial charge in [0.2, 0.25) is 0 Å². The van der Waals surface area contributed by atoms with Gasteiger partial charge in [-0.05, 0) is 50.5 Å². The fourth-order valence-corrected chi connectivity index (χ4v) is 4.94. The number of aryl methyl sites for hydroxylation is 1. The Hall–Kier alpha value is -2.62. The molecule has 0 aliphatic carbocycles. The number of nitriles is 1. The van der Waals surface area contributed by atoms with Gasteiger partial charge in [0, 0.05) is 32.2 Å². The lowest BCUT2D eigenvalue weighted by molar-refractivity contribution is -0.0373. The summed E-state index contributed by atoms with van der Waals surface area (Å²) in [6.45, 7) is 9.15. The van der Waals surface area contributed by atoms with Gasteiger partial charge in [-0.25, -0.2) is 4.98 Å². The van der Waals surface area contributed by atoms with Crippen molar-refractivity contribution in [2.75, 3.05) is 37.7 Å². The molecule has 0 radical (unpaired) electrons. The topological polar surface area (TPSA) is 56.8 Å². The summed E-state index contributed by atoms with van der Waals surface area (Å²) in [4.78, 5) is 9.87. The highest BCUT2D eigenvalue weighted by Gasteiger charge is 2.29. The molecule has 4 heterocycles. The molecule has 0 amide bonds. The van der Waals surface area contributed by atoms with E-state index in [1.54, 1.807) is 0 Å². The number of benzene rings is 1. The molecule has 1 atom stereocenters. The summed E-state index contributed by atoms with van der Waals surface area (Å²) in [5.74, 6) is 1.15. The van der Waals surface area contributed by atoms with E-state index in [1.807, 2.05) is 25.1 Å². The maximum atomic E-state index is 9.71. The van der Waals surface area contributed by atoms with Gasteiger partial charge >= 0.3 is 0 Å². The van der Waals surface area contributed by atoms with Crippen molar-refractivity contribution in [3.8, 4) is 6.07 Å². The van der Waals surface area contributed by atoms with Crippen LogP contribution in [0.1, 0.15) is 30.9 Å². The van der Waals surface area contributed by atoms with Gasteiger partial charge in [0.25, 0.3) is 0 Å². The molecule has 2 aliphatic rings. The number of rotatable bonds is 2.